The Balaban J connectivity index is -0.00000000333. The van der Waals surface area contributed by atoms with Crippen LogP contribution >= 0.6 is 23.2 Å². The minimum Gasteiger partial charge on any atom is -0.269 e. The molecule has 0 atom stereocenters. The molecule has 0 heterocycles. The summed E-state index contributed by atoms with van der Waals surface area (Å²) in [6.07, 6.45) is 0. The summed E-state index contributed by atoms with van der Waals surface area (Å²) in [6, 6.07) is 0. The molecular weight excluding hydrogens is 151 g/mol. The van der Waals surface area contributed by atoms with Gasteiger partial charge in [0, 0.05) is 0 Å². The second kappa shape index (κ2) is 92.3. The Morgan fingerprint density at radius 2 is 0.857 bits per heavy atom. The third kappa shape index (κ3) is 669. The summed E-state index contributed by atoms with van der Waals surface area (Å²) in [5, 5.41) is 0.194. The van der Waals surface area contributed by atoms with Crippen molar-refractivity contribution in [2.24, 2.45) is 0 Å². The van der Waals surface area contributed by atoms with Crippen LogP contribution in [0.1, 0.15) is 0 Å². The van der Waals surface area contributed by atoms with Gasteiger partial charge in [0.25, 0.3) is 0 Å². The summed E-state index contributed by atoms with van der Waals surface area (Å²) < 4.78 is 0. The highest BCUT2D eigenvalue weighted by Gasteiger charge is 1.41. The second-order valence-electron chi connectivity index (χ2n) is 0.101. The third-order valence-corrected chi connectivity index (χ3v) is 0. The molecular formula is CH8BCl2F3. The number of rotatable bonds is 0. The molecule has 0 rings (SSSR count). The number of halogens is 5. The molecule has 0 N–H and O–H groups in total. The van der Waals surface area contributed by atoms with Crippen molar-refractivity contribution in [3.8, 4) is 0 Å². The van der Waals surface area contributed by atoms with Gasteiger partial charge in [-0.2, -0.15) is 0 Å². The lowest BCUT2D eigenvalue weighted by Crippen LogP contribution is -1.24. The van der Waals surface area contributed by atoms with Crippen molar-refractivity contribution in [2.75, 3.05) is 5.34 Å². The van der Waals surface area contributed by atoms with Crippen molar-refractivity contribution in [3.63, 3.8) is 0 Å². The van der Waals surface area contributed by atoms with E-state index in [2.05, 4.69) is 0 Å². The zero-order chi connectivity index (χ0) is 2.71. The first-order valence-corrected chi connectivity index (χ1v) is 1.60. The predicted molar refractivity (Wildman–Crippen MR) is 34.0 cm³/mol. The lowest BCUT2D eigenvalue weighted by atomic mass is 10.8. The standard InChI is InChI=1S/CH2Cl2.BH3.3FH/c2-1-3;;;;/h1H2;1H3;3*1H. The molecule has 0 bridgehead atoms. The van der Waals surface area contributed by atoms with Crippen molar-refractivity contribution in [3.05, 3.63) is 0 Å². The Morgan fingerprint density at radius 3 is 0.857 bits per heavy atom. The molecule has 0 saturated carbocycles. The first kappa shape index (κ1) is 51.9. The highest BCUT2D eigenvalue weighted by atomic mass is 35.5. The van der Waals surface area contributed by atoms with Crippen LogP contribution in [0, 0.1) is 0 Å². The first-order chi connectivity index (χ1) is 1.41. The first-order valence-electron chi connectivity index (χ1n) is 0.535. The molecule has 0 radical (unpaired) electrons. The molecule has 0 aromatic carbocycles. The molecule has 0 aliphatic heterocycles. The van der Waals surface area contributed by atoms with Gasteiger partial charge >= 0.3 is 0 Å². The lowest BCUT2D eigenvalue weighted by Gasteiger charge is -1.42. The molecule has 0 spiro atoms. The van der Waals surface area contributed by atoms with Gasteiger partial charge in [0.15, 0.2) is 0 Å². The van der Waals surface area contributed by atoms with Gasteiger partial charge < -0.3 is 0 Å². The van der Waals surface area contributed by atoms with Crippen LogP contribution in [0.5, 0.6) is 0 Å². The molecule has 0 nitrogen and oxygen atoms in total. The van der Waals surface area contributed by atoms with Gasteiger partial charge in [-0.3, -0.25) is 14.1 Å². The summed E-state index contributed by atoms with van der Waals surface area (Å²) >= 11 is 9.53. The van der Waals surface area contributed by atoms with E-state index in [4.69, 9.17) is 23.2 Å². The van der Waals surface area contributed by atoms with Gasteiger partial charge in [-0.05, 0) is 0 Å². The monoisotopic (exact) mass is 158 g/mol. The number of alkyl halides is 2. The maximum atomic E-state index is 4.76. The van der Waals surface area contributed by atoms with Crippen LogP contribution < -0.4 is 0 Å². The largest absolute Gasteiger partial charge is 0.269 e. The lowest BCUT2D eigenvalue weighted by molar-refractivity contribution is 1.11. The minimum absolute atomic E-state index is 0. The van der Waals surface area contributed by atoms with Gasteiger partial charge in [-0.15, -0.1) is 23.2 Å². The molecule has 0 aliphatic carbocycles. The van der Waals surface area contributed by atoms with Gasteiger partial charge in [0.1, 0.15) is 0 Å². The van der Waals surface area contributed by atoms with Crippen LogP contribution in [0.3, 0.4) is 0 Å². The number of hydrogen-bond acceptors (Lipinski definition) is 0. The molecule has 0 aromatic rings. The summed E-state index contributed by atoms with van der Waals surface area (Å²) in [7, 11) is 0. The van der Waals surface area contributed by atoms with Gasteiger partial charge in [-0.25, -0.2) is 0 Å². The van der Waals surface area contributed by atoms with E-state index in [0.717, 1.165) is 0 Å². The molecule has 0 unspecified atom stereocenters. The van der Waals surface area contributed by atoms with Gasteiger partial charge in [0.2, 0.25) is 0 Å². The molecule has 0 fully saturated rings. The van der Waals surface area contributed by atoms with Crippen molar-refractivity contribution in [1.29, 1.82) is 0 Å². The molecule has 0 saturated heterocycles. The van der Waals surface area contributed by atoms with Crippen LogP contribution in [0.15, 0.2) is 0 Å². The van der Waals surface area contributed by atoms with Gasteiger partial charge in [-0.1, -0.05) is 0 Å². The Bertz CT molecular complexity index is 12.9. The van der Waals surface area contributed by atoms with E-state index in [1.54, 1.807) is 0 Å². The molecule has 0 aromatic heterocycles. The van der Waals surface area contributed by atoms with E-state index in [-0.39, 0.29) is 27.9 Å². The Labute approximate surface area is 51.9 Å². The third-order valence-electron chi connectivity index (χ3n) is 0. The maximum Gasteiger partial charge on any atom is 0.0967 e. The van der Waals surface area contributed by atoms with E-state index in [9.17, 15) is 0 Å². The molecule has 6 heteroatoms. The van der Waals surface area contributed by atoms with Crippen LogP contribution in [-0.4, -0.2) is 13.8 Å². The molecule has 50 valence electrons. The Morgan fingerprint density at radius 1 is 0.857 bits per heavy atom. The van der Waals surface area contributed by atoms with Crippen LogP contribution in [-0.2, 0) is 0 Å². The summed E-state index contributed by atoms with van der Waals surface area (Å²) in [6.45, 7) is 0. The topological polar surface area (TPSA) is 0 Å². The number of hydrogen-bond donors (Lipinski definition) is 0. The van der Waals surface area contributed by atoms with Crippen molar-refractivity contribution in [1.82, 2.24) is 0 Å². The summed E-state index contributed by atoms with van der Waals surface area (Å²) in [5.41, 5.74) is 0. The minimum atomic E-state index is 0. The van der Waals surface area contributed by atoms with Crippen molar-refractivity contribution in [2.45, 2.75) is 0 Å². The Kier molecular flexibility index (Phi) is 685. The van der Waals surface area contributed by atoms with Crippen molar-refractivity contribution >= 4 is 31.6 Å². The molecule has 7 heavy (non-hydrogen) atoms. The zero-order valence-corrected chi connectivity index (χ0v) is 4.20. The zero-order valence-electron chi connectivity index (χ0n) is 2.69. The highest BCUT2D eigenvalue weighted by Crippen LogP contribution is 1.73. The molecule has 0 amide bonds. The SMILES string of the molecule is B.ClCCl.F.F.F. The Hall–Kier alpha value is 0.435. The van der Waals surface area contributed by atoms with E-state index in [1.165, 1.54) is 0 Å². The quantitative estimate of drug-likeness (QED) is 0.360. The average Bonchev–Trinajstić information content (AvgIpc) is 0.918. The fraction of sp³-hybridized carbons (Fsp3) is 1.00. The fourth-order valence-electron chi connectivity index (χ4n) is 0. The van der Waals surface area contributed by atoms with Crippen LogP contribution in [0.25, 0.3) is 0 Å². The van der Waals surface area contributed by atoms with Crippen LogP contribution in [0.2, 0.25) is 0 Å². The smallest absolute Gasteiger partial charge is 0.0967 e. The fourth-order valence-corrected chi connectivity index (χ4v) is 0. The summed E-state index contributed by atoms with van der Waals surface area (Å²) in [5.74, 6) is 0. The van der Waals surface area contributed by atoms with Crippen LogP contribution in [0.4, 0.5) is 14.1 Å². The van der Waals surface area contributed by atoms with E-state index in [0.29, 0.717) is 0 Å². The van der Waals surface area contributed by atoms with E-state index in [1.807, 2.05) is 0 Å². The van der Waals surface area contributed by atoms with E-state index >= 15 is 0 Å². The highest BCUT2D eigenvalue weighted by molar-refractivity contribution is 6.40. The second-order valence-corrected chi connectivity index (χ2v) is 0.909. The normalized spacial score (nSPS) is 2.57. The summed E-state index contributed by atoms with van der Waals surface area (Å²) in [4.78, 5) is 0. The molecule has 0 aliphatic rings. The average molecular weight is 159 g/mol. The van der Waals surface area contributed by atoms with E-state index < -0.39 is 0 Å². The predicted octanol–water partition coefficient (Wildman–Crippen LogP) is 0.695. The van der Waals surface area contributed by atoms with Crippen molar-refractivity contribution < 1.29 is 14.1 Å². The maximum absolute atomic E-state index is 4.76. The van der Waals surface area contributed by atoms with Gasteiger partial charge in [0.05, 0.1) is 13.8 Å².